The third kappa shape index (κ3) is 2.53. The molecular formula is C11H15BrN2O2. The standard InChI is InChI=1S/C11H15BrN2O2/c1-15-11(3-5-16-8-11)7-14-10-2-4-13-6-9(10)12/h2,4,6H,3,5,7-8H2,1H3,(H,13,14). The van der Waals surface area contributed by atoms with E-state index in [2.05, 4.69) is 26.2 Å². The Morgan fingerprint density at radius 2 is 2.56 bits per heavy atom. The SMILES string of the molecule is COC1(CNc2ccncc2Br)CCOC1. The fraction of sp³-hybridized carbons (Fsp3) is 0.545. The molecule has 16 heavy (non-hydrogen) atoms. The van der Waals surface area contributed by atoms with E-state index in [0.29, 0.717) is 6.61 Å². The molecule has 0 radical (unpaired) electrons. The molecule has 0 aromatic carbocycles. The van der Waals surface area contributed by atoms with E-state index in [1.807, 2.05) is 6.07 Å². The van der Waals surface area contributed by atoms with Crippen molar-refractivity contribution >= 4 is 21.6 Å². The van der Waals surface area contributed by atoms with Gasteiger partial charge in [0.05, 0.1) is 16.8 Å². The van der Waals surface area contributed by atoms with Crippen molar-refractivity contribution < 1.29 is 9.47 Å². The van der Waals surface area contributed by atoms with Gasteiger partial charge in [-0.25, -0.2) is 0 Å². The number of pyridine rings is 1. The Morgan fingerprint density at radius 3 is 3.19 bits per heavy atom. The normalized spacial score (nSPS) is 24.6. The minimum Gasteiger partial charge on any atom is -0.381 e. The van der Waals surface area contributed by atoms with Crippen molar-refractivity contribution in [2.75, 3.05) is 32.2 Å². The van der Waals surface area contributed by atoms with E-state index in [-0.39, 0.29) is 5.60 Å². The molecule has 1 saturated heterocycles. The highest BCUT2D eigenvalue weighted by Gasteiger charge is 2.34. The summed E-state index contributed by atoms with van der Waals surface area (Å²) in [6.45, 7) is 2.17. The Balaban J connectivity index is 1.98. The molecule has 0 amide bonds. The predicted octanol–water partition coefficient (Wildman–Crippen LogP) is 2.06. The van der Waals surface area contributed by atoms with Gasteiger partial charge in [-0.05, 0) is 22.0 Å². The van der Waals surface area contributed by atoms with Gasteiger partial charge in [-0.3, -0.25) is 4.98 Å². The number of halogens is 1. The summed E-state index contributed by atoms with van der Waals surface area (Å²) >= 11 is 3.45. The molecule has 1 aliphatic heterocycles. The van der Waals surface area contributed by atoms with Crippen molar-refractivity contribution in [1.82, 2.24) is 4.98 Å². The van der Waals surface area contributed by atoms with Gasteiger partial charge in [0, 0.05) is 39.1 Å². The second-order valence-electron chi connectivity index (χ2n) is 3.90. The molecule has 2 heterocycles. The average Bonchev–Trinajstić information content (AvgIpc) is 2.78. The number of aromatic nitrogens is 1. The second-order valence-corrected chi connectivity index (χ2v) is 4.75. The number of hydrogen-bond acceptors (Lipinski definition) is 4. The van der Waals surface area contributed by atoms with Crippen LogP contribution in [0.3, 0.4) is 0 Å². The monoisotopic (exact) mass is 286 g/mol. The Labute approximate surface area is 103 Å². The molecule has 1 aliphatic rings. The summed E-state index contributed by atoms with van der Waals surface area (Å²) in [7, 11) is 1.73. The van der Waals surface area contributed by atoms with Crippen molar-refractivity contribution in [2.24, 2.45) is 0 Å². The summed E-state index contributed by atoms with van der Waals surface area (Å²) in [5, 5.41) is 3.35. The van der Waals surface area contributed by atoms with Crippen LogP contribution in [0.2, 0.25) is 0 Å². The minimum absolute atomic E-state index is 0.192. The Bertz CT molecular complexity index is 354. The molecule has 1 N–H and O–H groups in total. The fourth-order valence-corrected chi connectivity index (χ4v) is 2.13. The molecule has 1 aromatic heterocycles. The summed E-state index contributed by atoms with van der Waals surface area (Å²) in [5.41, 5.74) is 0.834. The Morgan fingerprint density at radius 1 is 1.69 bits per heavy atom. The van der Waals surface area contributed by atoms with Crippen LogP contribution in [-0.2, 0) is 9.47 Å². The largest absolute Gasteiger partial charge is 0.381 e. The quantitative estimate of drug-likeness (QED) is 0.920. The smallest absolute Gasteiger partial charge is 0.110 e. The lowest BCUT2D eigenvalue weighted by Gasteiger charge is -2.26. The molecule has 2 rings (SSSR count). The summed E-state index contributed by atoms with van der Waals surface area (Å²) < 4.78 is 11.9. The van der Waals surface area contributed by atoms with E-state index in [1.54, 1.807) is 19.5 Å². The average molecular weight is 287 g/mol. The van der Waals surface area contributed by atoms with Crippen LogP contribution in [0.25, 0.3) is 0 Å². The summed E-state index contributed by atoms with van der Waals surface area (Å²) in [6, 6.07) is 1.93. The van der Waals surface area contributed by atoms with Crippen LogP contribution in [0, 0.1) is 0 Å². The zero-order chi connectivity index (χ0) is 11.4. The highest BCUT2D eigenvalue weighted by Crippen LogP contribution is 2.25. The number of methoxy groups -OCH3 is 1. The van der Waals surface area contributed by atoms with Gasteiger partial charge in [0.15, 0.2) is 0 Å². The molecule has 0 bridgehead atoms. The second kappa shape index (κ2) is 5.12. The molecule has 1 atom stereocenters. The molecule has 4 nitrogen and oxygen atoms in total. The van der Waals surface area contributed by atoms with Gasteiger partial charge in [-0.1, -0.05) is 0 Å². The van der Waals surface area contributed by atoms with E-state index in [9.17, 15) is 0 Å². The van der Waals surface area contributed by atoms with E-state index >= 15 is 0 Å². The molecule has 1 unspecified atom stereocenters. The molecule has 0 spiro atoms. The van der Waals surface area contributed by atoms with Gasteiger partial charge in [-0.15, -0.1) is 0 Å². The first-order valence-electron chi connectivity index (χ1n) is 5.22. The Kier molecular flexibility index (Phi) is 3.78. The van der Waals surface area contributed by atoms with Crippen LogP contribution in [0.4, 0.5) is 5.69 Å². The lowest BCUT2D eigenvalue weighted by molar-refractivity contribution is -0.00620. The van der Waals surface area contributed by atoms with Crippen molar-refractivity contribution in [1.29, 1.82) is 0 Å². The van der Waals surface area contributed by atoms with Crippen molar-refractivity contribution in [3.63, 3.8) is 0 Å². The summed E-state index contributed by atoms with van der Waals surface area (Å²) in [6.07, 6.45) is 4.46. The van der Waals surface area contributed by atoms with Crippen LogP contribution in [-0.4, -0.2) is 37.5 Å². The van der Waals surface area contributed by atoms with Gasteiger partial charge in [0.2, 0.25) is 0 Å². The molecule has 1 fully saturated rings. The first-order valence-corrected chi connectivity index (χ1v) is 6.01. The molecule has 0 saturated carbocycles. The van der Waals surface area contributed by atoms with Gasteiger partial charge in [0.1, 0.15) is 5.60 Å². The third-order valence-corrected chi connectivity index (χ3v) is 3.51. The van der Waals surface area contributed by atoms with Gasteiger partial charge < -0.3 is 14.8 Å². The van der Waals surface area contributed by atoms with Crippen molar-refractivity contribution in [3.05, 3.63) is 22.9 Å². The van der Waals surface area contributed by atoms with Gasteiger partial charge >= 0.3 is 0 Å². The zero-order valence-corrected chi connectivity index (χ0v) is 10.8. The maximum absolute atomic E-state index is 5.54. The topological polar surface area (TPSA) is 43.4 Å². The highest BCUT2D eigenvalue weighted by molar-refractivity contribution is 9.10. The van der Waals surface area contributed by atoms with E-state index in [1.165, 1.54) is 0 Å². The lowest BCUT2D eigenvalue weighted by atomic mass is 10.0. The zero-order valence-electron chi connectivity index (χ0n) is 9.20. The fourth-order valence-electron chi connectivity index (χ4n) is 1.74. The minimum atomic E-state index is -0.192. The maximum Gasteiger partial charge on any atom is 0.110 e. The predicted molar refractivity (Wildman–Crippen MR) is 65.6 cm³/mol. The van der Waals surface area contributed by atoms with E-state index in [0.717, 1.165) is 29.7 Å². The number of ether oxygens (including phenoxy) is 2. The highest BCUT2D eigenvalue weighted by atomic mass is 79.9. The molecule has 5 heteroatoms. The number of nitrogens with one attached hydrogen (secondary N) is 1. The van der Waals surface area contributed by atoms with E-state index < -0.39 is 0 Å². The molecule has 88 valence electrons. The number of rotatable bonds is 4. The van der Waals surface area contributed by atoms with Crippen LogP contribution in [0.15, 0.2) is 22.9 Å². The van der Waals surface area contributed by atoms with Gasteiger partial charge in [0.25, 0.3) is 0 Å². The van der Waals surface area contributed by atoms with Crippen LogP contribution in [0.1, 0.15) is 6.42 Å². The number of nitrogens with zero attached hydrogens (tertiary/aromatic N) is 1. The molecule has 0 aliphatic carbocycles. The van der Waals surface area contributed by atoms with Gasteiger partial charge in [-0.2, -0.15) is 0 Å². The van der Waals surface area contributed by atoms with Crippen molar-refractivity contribution in [3.8, 4) is 0 Å². The Hall–Kier alpha value is -0.650. The lowest BCUT2D eigenvalue weighted by Crippen LogP contribution is -2.39. The maximum atomic E-state index is 5.54. The van der Waals surface area contributed by atoms with Crippen LogP contribution in [0.5, 0.6) is 0 Å². The number of anilines is 1. The van der Waals surface area contributed by atoms with Crippen molar-refractivity contribution in [2.45, 2.75) is 12.0 Å². The third-order valence-electron chi connectivity index (χ3n) is 2.87. The molecular weight excluding hydrogens is 272 g/mol. The van der Waals surface area contributed by atoms with Crippen LogP contribution < -0.4 is 5.32 Å². The number of hydrogen-bond donors (Lipinski definition) is 1. The first kappa shape index (κ1) is 11.8. The first-order chi connectivity index (χ1) is 7.76. The summed E-state index contributed by atoms with van der Waals surface area (Å²) in [4.78, 5) is 4.02. The van der Waals surface area contributed by atoms with Crippen LogP contribution >= 0.6 is 15.9 Å². The summed E-state index contributed by atoms with van der Waals surface area (Å²) in [5.74, 6) is 0. The van der Waals surface area contributed by atoms with E-state index in [4.69, 9.17) is 9.47 Å². The molecule has 1 aromatic rings.